The Balaban J connectivity index is 1.09. The van der Waals surface area contributed by atoms with Gasteiger partial charge in [-0.05, 0) is 18.6 Å². The van der Waals surface area contributed by atoms with E-state index >= 15 is 0 Å². The summed E-state index contributed by atoms with van der Waals surface area (Å²) >= 11 is 8.13. The summed E-state index contributed by atoms with van der Waals surface area (Å²) in [5, 5.41) is 60.1. The number of hydrogen-bond donors (Lipinski definition) is 10. The number of amides is 4. The van der Waals surface area contributed by atoms with Crippen LogP contribution in [0.2, 0.25) is 5.02 Å². The van der Waals surface area contributed by atoms with Crippen LogP contribution in [0.25, 0.3) is 0 Å². The number of carboxylic acids is 3. The number of aromatic nitrogens is 1. The quantitative estimate of drug-likeness (QED) is 0.0295. The number of thiazole rings is 1. The highest BCUT2D eigenvalue weighted by atomic mass is 35.5. The van der Waals surface area contributed by atoms with Crippen LogP contribution >= 0.6 is 34.7 Å². The first kappa shape index (κ1) is 44.9. The van der Waals surface area contributed by atoms with E-state index in [-0.39, 0.29) is 52.0 Å². The average Bonchev–Trinajstić information content (AvgIpc) is 3.66. The minimum atomic E-state index is -1.88. The number of phenolic OH excluding ortho intramolecular Hbond substituents is 2. The zero-order chi connectivity index (χ0) is 44.4. The molecule has 22 nitrogen and oxygen atoms in total. The van der Waals surface area contributed by atoms with Crippen LogP contribution in [0.4, 0.5) is 5.13 Å². The third-order valence-electron chi connectivity index (χ3n) is 11.4. The molecule has 2 bridgehead atoms. The number of quaternary nitrogens is 1. The Labute approximate surface area is 359 Å². The second-order valence-corrected chi connectivity index (χ2v) is 17.6. The molecule has 6 heterocycles. The number of rotatable bonds is 18. The molecule has 0 unspecified atom stereocenters. The first-order valence-electron chi connectivity index (χ1n) is 18.8. The lowest BCUT2D eigenvalue weighted by atomic mass is 9.70. The van der Waals surface area contributed by atoms with Crippen LogP contribution < -0.4 is 27.4 Å². The summed E-state index contributed by atoms with van der Waals surface area (Å²) < 4.78 is 0.620. The van der Waals surface area contributed by atoms with Crippen LogP contribution in [-0.4, -0.2) is 156 Å². The Morgan fingerprint density at radius 2 is 1.75 bits per heavy atom. The second kappa shape index (κ2) is 18.1. The molecule has 4 saturated heterocycles. The van der Waals surface area contributed by atoms with Gasteiger partial charge in [0.2, 0.25) is 12.0 Å². The van der Waals surface area contributed by atoms with E-state index in [0.29, 0.717) is 23.1 Å². The summed E-state index contributed by atoms with van der Waals surface area (Å²) in [4.78, 5) is 98.5. The molecule has 4 atom stereocenters. The molecule has 12 N–H and O–H groups in total. The minimum absolute atomic E-state index is 0.00285. The summed E-state index contributed by atoms with van der Waals surface area (Å²) in [7, 11) is 0. The molecule has 328 valence electrons. The van der Waals surface area contributed by atoms with Crippen LogP contribution in [0.5, 0.6) is 11.5 Å². The number of nitrogen functional groups attached to an aromatic ring is 1. The molecule has 5 aliphatic rings. The number of fused-ring (bicyclic) bond motifs is 4. The van der Waals surface area contributed by atoms with Crippen molar-refractivity contribution < 1.29 is 68.4 Å². The maximum Gasteiger partial charge on any atom is 0.352 e. The van der Waals surface area contributed by atoms with Gasteiger partial charge in [-0.3, -0.25) is 28.9 Å². The predicted octanol–water partition coefficient (Wildman–Crippen LogP) is -0.559. The van der Waals surface area contributed by atoms with Crippen molar-refractivity contribution in [3.63, 3.8) is 0 Å². The van der Waals surface area contributed by atoms with Gasteiger partial charge in [-0.25, -0.2) is 14.6 Å². The van der Waals surface area contributed by atoms with Crippen molar-refractivity contribution in [2.24, 2.45) is 16.3 Å². The molecule has 1 aromatic carbocycles. The molecule has 4 amide bonds. The molecule has 0 spiro atoms. The van der Waals surface area contributed by atoms with Gasteiger partial charge in [0, 0.05) is 54.3 Å². The number of thioether (sulfide) groups is 1. The van der Waals surface area contributed by atoms with Crippen LogP contribution in [-0.2, 0) is 33.6 Å². The number of benzene rings is 1. The standard InChI is InChI=1S/C36H42ClN9O13S2/c37-23-17(1-3-20(47)27(23)49)28(50)40-11-21(33(55)56)59-44-24(19-14-61-35(39)42-19)29(51)43-25-30(52)45-26(34(57)58)16(13-60-31(25)45)12-46-8-5-36(6-9-46,7-10-46)15-41-22(48)4-2-18(38)32(53)54/h1,3,14,18,21,25,31H,2,4-13,15,38H2,(H9-,39,40,41,42,43,44,47,48,49,50,51,53,54,55,56,57,58)/p+1/t18-,21-,25+,31+,36?,46?/m0/s1. The summed E-state index contributed by atoms with van der Waals surface area (Å²) in [5.41, 5.74) is 10.6. The van der Waals surface area contributed by atoms with Gasteiger partial charge in [0.05, 0.1) is 36.8 Å². The van der Waals surface area contributed by atoms with E-state index in [0.717, 1.165) is 67.3 Å². The number of nitrogens with two attached hydrogens (primary N) is 2. The van der Waals surface area contributed by atoms with E-state index < -0.39 is 88.0 Å². The van der Waals surface area contributed by atoms with Crippen molar-refractivity contribution in [1.29, 1.82) is 0 Å². The summed E-state index contributed by atoms with van der Waals surface area (Å²) in [5.74, 6) is -8.06. The molecule has 0 aliphatic carbocycles. The predicted molar refractivity (Wildman–Crippen MR) is 216 cm³/mol. The number of nitrogens with one attached hydrogen (secondary N) is 3. The zero-order valence-electron chi connectivity index (χ0n) is 32.2. The van der Waals surface area contributed by atoms with Crippen molar-refractivity contribution in [2.45, 2.75) is 55.7 Å². The Hall–Kier alpha value is -5.69. The number of phenols is 2. The number of nitrogens with zero attached hydrogens (tertiary/aromatic N) is 4. The monoisotopic (exact) mass is 908 g/mol. The second-order valence-electron chi connectivity index (χ2n) is 15.2. The number of β-lactam (4-membered cyclic amide) rings is 1. The lowest BCUT2D eigenvalue weighted by molar-refractivity contribution is -0.941. The number of hydrogen-bond acceptors (Lipinski definition) is 16. The fraction of sp³-hybridized carbons (Fsp3) is 0.472. The molecule has 5 aliphatic heterocycles. The number of carbonyl (C=O) groups excluding carboxylic acids is 4. The van der Waals surface area contributed by atoms with Gasteiger partial charge in [0.15, 0.2) is 22.3 Å². The maximum absolute atomic E-state index is 13.7. The first-order valence-corrected chi connectivity index (χ1v) is 21.1. The molecule has 1 aromatic heterocycles. The van der Waals surface area contributed by atoms with Gasteiger partial charge in [0.1, 0.15) is 35.4 Å². The van der Waals surface area contributed by atoms with Crippen molar-refractivity contribution in [1.82, 2.24) is 25.8 Å². The number of oxime groups is 1. The van der Waals surface area contributed by atoms with Gasteiger partial charge in [-0.1, -0.05) is 16.8 Å². The Bertz CT molecular complexity index is 2190. The van der Waals surface area contributed by atoms with Crippen LogP contribution in [0.1, 0.15) is 48.2 Å². The number of carboxylic acid groups (broad SMARTS) is 3. The highest BCUT2D eigenvalue weighted by molar-refractivity contribution is 8.00. The third kappa shape index (κ3) is 9.62. The van der Waals surface area contributed by atoms with Crippen molar-refractivity contribution in [2.75, 3.05) is 50.8 Å². The highest BCUT2D eigenvalue weighted by Gasteiger charge is 2.56. The van der Waals surface area contributed by atoms with E-state index in [4.69, 9.17) is 33.0 Å². The van der Waals surface area contributed by atoms with E-state index in [1.165, 1.54) is 17.1 Å². The zero-order valence-corrected chi connectivity index (χ0v) is 34.6. The van der Waals surface area contributed by atoms with Gasteiger partial charge < -0.3 is 62.3 Å². The molecule has 2 aromatic rings. The van der Waals surface area contributed by atoms with E-state index in [2.05, 4.69) is 26.1 Å². The van der Waals surface area contributed by atoms with Gasteiger partial charge in [-0.2, -0.15) is 0 Å². The van der Waals surface area contributed by atoms with E-state index in [1.54, 1.807) is 0 Å². The number of aliphatic carboxylic acids is 3. The lowest BCUT2D eigenvalue weighted by Crippen LogP contribution is -2.71. The Morgan fingerprint density at radius 3 is 2.36 bits per heavy atom. The van der Waals surface area contributed by atoms with Crippen molar-refractivity contribution in [3.05, 3.63) is 45.1 Å². The van der Waals surface area contributed by atoms with Crippen molar-refractivity contribution in [3.8, 4) is 11.5 Å². The lowest BCUT2D eigenvalue weighted by Gasteiger charge is -2.56. The van der Waals surface area contributed by atoms with E-state index in [9.17, 15) is 54.0 Å². The highest BCUT2D eigenvalue weighted by Crippen LogP contribution is 2.46. The molecule has 4 fully saturated rings. The molecular weight excluding hydrogens is 866 g/mol. The number of anilines is 1. The minimum Gasteiger partial charge on any atom is -0.504 e. The first-order chi connectivity index (χ1) is 28.8. The van der Waals surface area contributed by atoms with Crippen LogP contribution in [0, 0.1) is 5.41 Å². The molecule has 61 heavy (non-hydrogen) atoms. The molecule has 0 saturated carbocycles. The van der Waals surface area contributed by atoms with Crippen LogP contribution in [0.3, 0.4) is 0 Å². The fourth-order valence-corrected chi connectivity index (χ4v) is 9.87. The van der Waals surface area contributed by atoms with E-state index in [1.807, 2.05) is 0 Å². The normalized spacial score (nSPS) is 24.2. The summed E-state index contributed by atoms with van der Waals surface area (Å²) in [6.45, 7) is 2.32. The van der Waals surface area contributed by atoms with Gasteiger partial charge >= 0.3 is 17.9 Å². The summed E-state index contributed by atoms with van der Waals surface area (Å²) in [6, 6.07) is -0.222. The molecule has 7 rings (SSSR count). The average molecular weight is 909 g/mol. The largest absolute Gasteiger partial charge is 0.504 e. The third-order valence-corrected chi connectivity index (χ3v) is 13.8. The number of aromatic hydroxyl groups is 2. The maximum atomic E-state index is 13.7. The molecule has 0 radical (unpaired) electrons. The number of carbonyl (C=O) groups is 7. The number of halogens is 1. The molecule has 25 heteroatoms. The summed E-state index contributed by atoms with van der Waals surface area (Å²) in [6.07, 6.45) is 0.498. The fourth-order valence-electron chi connectivity index (χ4n) is 7.74. The Morgan fingerprint density at radius 1 is 1.07 bits per heavy atom. The van der Waals surface area contributed by atoms with Crippen LogP contribution in [0.15, 0.2) is 33.9 Å². The Kier molecular flexibility index (Phi) is 13.3. The topological polar surface area (TPSA) is 346 Å². The van der Waals surface area contributed by atoms with Gasteiger partial charge in [0.25, 0.3) is 17.7 Å². The van der Waals surface area contributed by atoms with Gasteiger partial charge in [-0.15, -0.1) is 23.1 Å². The van der Waals surface area contributed by atoms with Crippen molar-refractivity contribution >= 4 is 87.1 Å². The SMILES string of the molecule is Nc1nc(/C(=N/O[C@@H](CNC(=O)c2ccc(O)c(O)c2Cl)C(=O)O)C(=O)N[C@@H]2C(=O)N3C(C(=O)O)=C(C[N+]45CCC(CNC(=O)CC[C@H](N)C(=O)O)(CC4)CC5)CS[C@H]23)cs1. The molecular formula is C36H43ClN9O13S2+. The number of piperidine rings is 3. The smallest absolute Gasteiger partial charge is 0.352 e.